The van der Waals surface area contributed by atoms with Crippen molar-refractivity contribution >= 4 is 18.3 Å². The van der Waals surface area contributed by atoms with Crippen LogP contribution in [0.25, 0.3) is 0 Å². The van der Waals surface area contributed by atoms with Crippen molar-refractivity contribution in [2.24, 2.45) is 16.4 Å². The standard InChI is InChI=1S/C12H18N2O4/c1-5-18-11(16)14-7-6-9(8-13-14)12(2,3)10(15)17-4/h6-9H,5H2,1-4H3. The summed E-state index contributed by atoms with van der Waals surface area (Å²) < 4.78 is 9.54. The van der Waals surface area contributed by atoms with Crippen LogP contribution >= 0.6 is 0 Å². The number of rotatable bonds is 3. The maximum Gasteiger partial charge on any atom is 0.434 e. The zero-order valence-corrected chi connectivity index (χ0v) is 11.0. The smallest absolute Gasteiger partial charge is 0.434 e. The van der Waals surface area contributed by atoms with E-state index in [0.717, 1.165) is 5.01 Å². The van der Waals surface area contributed by atoms with Crippen molar-refractivity contribution in [1.29, 1.82) is 0 Å². The second-order valence-electron chi connectivity index (χ2n) is 4.39. The predicted octanol–water partition coefficient (Wildman–Crippen LogP) is 1.77. The topological polar surface area (TPSA) is 68.2 Å². The normalized spacial score (nSPS) is 18.7. The predicted molar refractivity (Wildman–Crippen MR) is 65.8 cm³/mol. The number of amides is 1. The first-order chi connectivity index (χ1) is 8.43. The molecule has 6 heteroatoms. The first-order valence-electron chi connectivity index (χ1n) is 5.70. The van der Waals surface area contributed by atoms with E-state index in [1.54, 1.807) is 26.8 Å². The fraction of sp³-hybridized carbons (Fsp3) is 0.583. The zero-order valence-electron chi connectivity index (χ0n) is 11.0. The van der Waals surface area contributed by atoms with Crippen LogP contribution in [0.4, 0.5) is 4.79 Å². The van der Waals surface area contributed by atoms with Gasteiger partial charge in [-0.05, 0) is 20.8 Å². The van der Waals surface area contributed by atoms with Gasteiger partial charge >= 0.3 is 12.1 Å². The van der Waals surface area contributed by atoms with E-state index in [-0.39, 0.29) is 18.5 Å². The summed E-state index contributed by atoms with van der Waals surface area (Å²) in [6.07, 6.45) is 4.21. The minimum Gasteiger partial charge on any atom is -0.469 e. The Balaban J connectivity index is 2.73. The molecule has 100 valence electrons. The number of hydrogen-bond acceptors (Lipinski definition) is 5. The van der Waals surface area contributed by atoms with Crippen molar-refractivity contribution in [3.63, 3.8) is 0 Å². The Morgan fingerprint density at radius 2 is 2.11 bits per heavy atom. The highest BCUT2D eigenvalue weighted by molar-refractivity contribution is 5.83. The summed E-state index contributed by atoms with van der Waals surface area (Å²) in [5.74, 6) is -0.552. The molecule has 1 amide bonds. The largest absolute Gasteiger partial charge is 0.469 e. The van der Waals surface area contributed by atoms with E-state index >= 15 is 0 Å². The number of hydrogen-bond donors (Lipinski definition) is 0. The maximum absolute atomic E-state index is 11.6. The second-order valence-corrected chi connectivity index (χ2v) is 4.39. The van der Waals surface area contributed by atoms with Crippen molar-refractivity contribution in [2.45, 2.75) is 20.8 Å². The molecule has 0 radical (unpaired) electrons. The molecule has 1 aliphatic rings. The lowest BCUT2D eigenvalue weighted by molar-refractivity contribution is -0.151. The van der Waals surface area contributed by atoms with Crippen LogP contribution < -0.4 is 0 Å². The van der Waals surface area contributed by atoms with E-state index in [0.29, 0.717) is 0 Å². The highest BCUT2D eigenvalue weighted by atomic mass is 16.6. The van der Waals surface area contributed by atoms with Crippen molar-refractivity contribution in [2.75, 3.05) is 13.7 Å². The Morgan fingerprint density at radius 1 is 1.44 bits per heavy atom. The van der Waals surface area contributed by atoms with Gasteiger partial charge < -0.3 is 9.47 Å². The molecule has 0 saturated carbocycles. The molecular weight excluding hydrogens is 236 g/mol. The SMILES string of the molecule is CCOC(=O)N1C=CC(C(C)(C)C(=O)OC)C=N1. The summed E-state index contributed by atoms with van der Waals surface area (Å²) in [5, 5.41) is 5.04. The molecule has 0 aromatic rings. The van der Waals surface area contributed by atoms with Crippen LogP contribution in [0.15, 0.2) is 17.4 Å². The molecule has 0 aliphatic carbocycles. The molecule has 0 N–H and O–H groups in total. The van der Waals surface area contributed by atoms with Gasteiger partial charge in [0, 0.05) is 18.3 Å². The molecule has 1 unspecified atom stereocenters. The Kier molecular flexibility index (Phi) is 4.47. The first kappa shape index (κ1) is 14.2. The molecule has 0 bridgehead atoms. The molecule has 1 heterocycles. The molecule has 0 aromatic carbocycles. The van der Waals surface area contributed by atoms with Gasteiger partial charge in [0.2, 0.25) is 0 Å². The molecule has 1 aliphatic heterocycles. The lowest BCUT2D eigenvalue weighted by Gasteiger charge is -2.29. The summed E-state index contributed by atoms with van der Waals surface area (Å²) in [5.41, 5.74) is -0.727. The van der Waals surface area contributed by atoms with Crippen molar-refractivity contribution in [1.82, 2.24) is 5.01 Å². The van der Waals surface area contributed by atoms with E-state index < -0.39 is 11.5 Å². The minimum absolute atomic E-state index is 0.226. The summed E-state index contributed by atoms with van der Waals surface area (Å²) >= 11 is 0. The minimum atomic E-state index is -0.727. The molecule has 0 spiro atoms. The van der Waals surface area contributed by atoms with Gasteiger partial charge in [-0.3, -0.25) is 4.79 Å². The van der Waals surface area contributed by atoms with Crippen molar-refractivity contribution in [3.05, 3.63) is 12.3 Å². The molecule has 18 heavy (non-hydrogen) atoms. The average molecular weight is 254 g/mol. The Morgan fingerprint density at radius 3 is 2.56 bits per heavy atom. The van der Waals surface area contributed by atoms with Crippen LogP contribution in [0.2, 0.25) is 0 Å². The van der Waals surface area contributed by atoms with Gasteiger partial charge in [0.1, 0.15) is 0 Å². The lowest BCUT2D eigenvalue weighted by atomic mass is 9.79. The number of nitrogens with zero attached hydrogens (tertiary/aromatic N) is 2. The number of methoxy groups -OCH3 is 1. The van der Waals surface area contributed by atoms with Crippen LogP contribution in [0.5, 0.6) is 0 Å². The molecular formula is C12H18N2O4. The third-order valence-electron chi connectivity index (χ3n) is 2.79. The zero-order chi connectivity index (χ0) is 13.8. The van der Waals surface area contributed by atoms with Crippen LogP contribution in [0, 0.1) is 11.3 Å². The summed E-state index contributed by atoms with van der Waals surface area (Å²) in [6, 6.07) is 0. The Bertz CT molecular complexity index is 374. The lowest BCUT2D eigenvalue weighted by Crippen LogP contribution is -2.36. The van der Waals surface area contributed by atoms with Gasteiger partial charge in [-0.15, -0.1) is 0 Å². The van der Waals surface area contributed by atoms with E-state index in [9.17, 15) is 9.59 Å². The number of ether oxygens (including phenoxy) is 2. The third kappa shape index (κ3) is 2.88. The number of carbonyl (C=O) groups excluding carboxylic acids is 2. The Hall–Kier alpha value is -1.85. The van der Waals surface area contributed by atoms with Gasteiger partial charge in [-0.1, -0.05) is 6.08 Å². The van der Waals surface area contributed by atoms with E-state index in [2.05, 4.69) is 5.10 Å². The summed E-state index contributed by atoms with van der Waals surface area (Å²) in [6.45, 7) is 5.54. The molecule has 1 rings (SSSR count). The first-order valence-corrected chi connectivity index (χ1v) is 5.70. The van der Waals surface area contributed by atoms with Crippen LogP contribution in [-0.2, 0) is 14.3 Å². The summed E-state index contributed by atoms with van der Waals surface area (Å²) in [7, 11) is 1.35. The number of carbonyl (C=O) groups is 2. The second kappa shape index (κ2) is 5.66. The molecule has 6 nitrogen and oxygen atoms in total. The van der Waals surface area contributed by atoms with Crippen LogP contribution in [0.3, 0.4) is 0 Å². The van der Waals surface area contributed by atoms with Crippen LogP contribution in [0.1, 0.15) is 20.8 Å². The monoisotopic (exact) mass is 254 g/mol. The highest BCUT2D eigenvalue weighted by Gasteiger charge is 2.37. The fourth-order valence-corrected chi connectivity index (χ4v) is 1.53. The van der Waals surface area contributed by atoms with Crippen molar-refractivity contribution in [3.8, 4) is 0 Å². The fourth-order valence-electron chi connectivity index (χ4n) is 1.53. The van der Waals surface area contributed by atoms with Crippen LogP contribution in [-0.4, -0.2) is 37.0 Å². The molecule has 0 aromatic heterocycles. The number of hydrazone groups is 1. The van der Waals surface area contributed by atoms with Gasteiger partial charge in [-0.25, -0.2) is 4.79 Å². The van der Waals surface area contributed by atoms with E-state index in [4.69, 9.17) is 9.47 Å². The Labute approximate surface area is 106 Å². The molecule has 1 atom stereocenters. The molecule has 0 fully saturated rings. The summed E-state index contributed by atoms with van der Waals surface area (Å²) in [4.78, 5) is 23.0. The van der Waals surface area contributed by atoms with Gasteiger partial charge in [0.15, 0.2) is 0 Å². The average Bonchev–Trinajstić information content (AvgIpc) is 2.38. The van der Waals surface area contributed by atoms with Gasteiger partial charge in [0.25, 0.3) is 0 Å². The maximum atomic E-state index is 11.6. The highest BCUT2D eigenvalue weighted by Crippen LogP contribution is 2.30. The van der Waals surface area contributed by atoms with E-state index in [1.807, 2.05) is 0 Å². The van der Waals surface area contributed by atoms with Gasteiger partial charge in [-0.2, -0.15) is 10.1 Å². The number of allylic oxidation sites excluding steroid dienone is 1. The molecule has 0 saturated heterocycles. The quantitative estimate of drug-likeness (QED) is 0.720. The van der Waals surface area contributed by atoms with E-state index in [1.165, 1.54) is 19.5 Å². The van der Waals surface area contributed by atoms with Gasteiger partial charge in [0.05, 0.1) is 19.1 Å². The van der Waals surface area contributed by atoms with Crippen molar-refractivity contribution < 1.29 is 19.1 Å². The third-order valence-corrected chi connectivity index (χ3v) is 2.79. The number of esters is 1.